The fourth-order valence-corrected chi connectivity index (χ4v) is 3.21. The van der Waals surface area contributed by atoms with Crippen LogP contribution in [-0.4, -0.2) is 27.9 Å². The molecule has 3 aromatic rings. The number of anilines is 1. The SMILES string of the molecule is Cc1cccc(C(C)C)c1NC(=O)[C@H](C)OC(=O)c1ccc2nc(C)c(C)nc2c1. The van der Waals surface area contributed by atoms with Crippen molar-refractivity contribution in [3.63, 3.8) is 0 Å². The van der Waals surface area contributed by atoms with Crippen LogP contribution >= 0.6 is 0 Å². The van der Waals surface area contributed by atoms with E-state index in [0.717, 1.165) is 28.2 Å². The quantitative estimate of drug-likeness (QED) is 0.613. The summed E-state index contributed by atoms with van der Waals surface area (Å²) >= 11 is 0. The second-order valence-electron chi connectivity index (χ2n) is 7.83. The summed E-state index contributed by atoms with van der Waals surface area (Å²) in [5.74, 6) is -0.691. The molecule has 0 saturated carbocycles. The highest BCUT2D eigenvalue weighted by atomic mass is 16.5. The fraction of sp³-hybridized carbons (Fsp3) is 0.333. The molecule has 3 rings (SSSR count). The van der Waals surface area contributed by atoms with Gasteiger partial charge in [0.15, 0.2) is 6.10 Å². The van der Waals surface area contributed by atoms with Crippen LogP contribution in [0, 0.1) is 20.8 Å². The molecule has 30 heavy (non-hydrogen) atoms. The van der Waals surface area contributed by atoms with Gasteiger partial charge in [0.05, 0.1) is 28.0 Å². The molecule has 6 nitrogen and oxygen atoms in total. The number of hydrogen-bond acceptors (Lipinski definition) is 5. The number of aryl methyl sites for hydroxylation is 3. The molecule has 1 amide bonds. The van der Waals surface area contributed by atoms with Crippen LogP contribution in [0.4, 0.5) is 5.69 Å². The lowest BCUT2D eigenvalue weighted by molar-refractivity contribution is -0.123. The highest BCUT2D eigenvalue weighted by Gasteiger charge is 2.21. The Kier molecular flexibility index (Phi) is 6.15. The standard InChI is InChI=1S/C24H27N3O3/c1-13(2)19-9-7-8-14(3)22(19)27-23(28)17(6)30-24(29)18-10-11-20-21(12-18)26-16(5)15(4)25-20/h7-13,17H,1-6H3,(H,27,28)/t17-/m0/s1. The number of nitrogens with zero attached hydrogens (tertiary/aromatic N) is 2. The Balaban J connectivity index is 1.75. The van der Waals surface area contributed by atoms with E-state index in [-0.39, 0.29) is 11.8 Å². The molecule has 2 aromatic carbocycles. The molecule has 1 N–H and O–H groups in total. The van der Waals surface area contributed by atoms with Crippen LogP contribution in [0.2, 0.25) is 0 Å². The minimum absolute atomic E-state index is 0.254. The topological polar surface area (TPSA) is 81.2 Å². The maximum absolute atomic E-state index is 12.7. The zero-order chi connectivity index (χ0) is 22.0. The van der Waals surface area contributed by atoms with Gasteiger partial charge in [-0.1, -0.05) is 32.0 Å². The summed E-state index contributed by atoms with van der Waals surface area (Å²) in [5, 5.41) is 2.92. The maximum atomic E-state index is 12.7. The van der Waals surface area contributed by atoms with E-state index >= 15 is 0 Å². The molecule has 0 fully saturated rings. The van der Waals surface area contributed by atoms with Crippen LogP contribution in [0.25, 0.3) is 11.0 Å². The van der Waals surface area contributed by atoms with Gasteiger partial charge in [-0.2, -0.15) is 0 Å². The maximum Gasteiger partial charge on any atom is 0.338 e. The van der Waals surface area contributed by atoms with E-state index in [0.29, 0.717) is 16.6 Å². The molecule has 1 atom stereocenters. The number of ether oxygens (including phenoxy) is 1. The van der Waals surface area contributed by atoms with Crippen LogP contribution < -0.4 is 5.32 Å². The first kappa shape index (κ1) is 21.4. The minimum atomic E-state index is -0.946. The summed E-state index contributed by atoms with van der Waals surface area (Å²) in [6, 6.07) is 10.9. The lowest BCUT2D eigenvalue weighted by Gasteiger charge is -2.19. The van der Waals surface area contributed by atoms with Crippen molar-refractivity contribution in [3.05, 3.63) is 64.5 Å². The van der Waals surface area contributed by atoms with Gasteiger partial charge >= 0.3 is 5.97 Å². The van der Waals surface area contributed by atoms with E-state index < -0.39 is 12.1 Å². The number of esters is 1. The van der Waals surface area contributed by atoms with Crippen LogP contribution in [0.5, 0.6) is 0 Å². The minimum Gasteiger partial charge on any atom is -0.449 e. The molecule has 0 aliphatic heterocycles. The normalized spacial score (nSPS) is 12.1. The molecule has 0 radical (unpaired) electrons. The number of aromatic nitrogens is 2. The number of amides is 1. The van der Waals surface area contributed by atoms with Crippen LogP contribution in [0.15, 0.2) is 36.4 Å². The van der Waals surface area contributed by atoms with Gasteiger partial charge < -0.3 is 10.1 Å². The van der Waals surface area contributed by atoms with E-state index in [1.54, 1.807) is 25.1 Å². The molecule has 0 unspecified atom stereocenters. The third-order valence-electron chi connectivity index (χ3n) is 5.14. The summed E-state index contributed by atoms with van der Waals surface area (Å²) in [5.41, 5.74) is 6.09. The Morgan fingerprint density at radius 1 is 0.933 bits per heavy atom. The molecule has 6 heteroatoms. The van der Waals surface area contributed by atoms with Gasteiger partial charge in [-0.25, -0.2) is 14.8 Å². The number of carbonyl (C=O) groups is 2. The van der Waals surface area contributed by atoms with E-state index in [2.05, 4.69) is 29.1 Å². The summed E-state index contributed by atoms with van der Waals surface area (Å²) in [4.78, 5) is 34.2. The number of rotatable bonds is 5. The number of para-hydroxylation sites is 1. The van der Waals surface area contributed by atoms with Crippen LogP contribution in [0.1, 0.15) is 59.6 Å². The average molecular weight is 405 g/mol. The number of benzene rings is 2. The zero-order valence-corrected chi connectivity index (χ0v) is 18.2. The van der Waals surface area contributed by atoms with Crippen LogP contribution in [0.3, 0.4) is 0 Å². The molecule has 1 heterocycles. The monoisotopic (exact) mass is 405 g/mol. The second-order valence-corrected chi connectivity index (χ2v) is 7.83. The lowest BCUT2D eigenvalue weighted by Crippen LogP contribution is -2.30. The first-order valence-electron chi connectivity index (χ1n) is 10.0. The lowest BCUT2D eigenvalue weighted by atomic mass is 9.98. The highest BCUT2D eigenvalue weighted by molar-refractivity contribution is 5.99. The van der Waals surface area contributed by atoms with E-state index in [1.165, 1.54) is 0 Å². The number of fused-ring (bicyclic) bond motifs is 1. The molecule has 0 spiro atoms. The summed E-state index contributed by atoms with van der Waals surface area (Å²) in [7, 11) is 0. The molecule has 156 valence electrons. The second kappa shape index (κ2) is 8.61. The van der Waals surface area contributed by atoms with Crippen molar-refractivity contribution >= 4 is 28.6 Å². The fourth-order valence-electron chi connectivity index (χ4n) is 3.21. The van der Waals surface area contributed by atoms with Gasteiger partial charge in [0, 0.05) is 5.69 Å². The third kappa shape index (κ3) is 4.48. The Labute approximate surface area is 176 Å². The Bertz CT molecular complexity index is 1120. The van der Waals surface area contributed by atoms with Gasteiger partial charge in [-0.05, 0) is 62.9 Å². The molecule has 0 aliphatic rings. The van der Waals surface area contributed by atoms with E-state index in [4.69, 9.17) is 4.74 Å². The first-order chi connectivity index (χ1) is 14.2. The van der Waals surface area contributed by atoms with Crippen molar-refractivity contribution in [2.24, 2.45) is 0 Å². The van der Waals surface area contributed by atoms with Crippen molar-refractivity contribution in [3.8, 4) is 0 Å². The largest absolute Gasteiger partial charge is 0.449 e. The molecule has 0 aliphatic carbocycles. The van der Waals surface area contributed by atoms with Gasteiger partial charge in [-0.3, -0.25) is 4.79 Å². The van der Waals surface area contributed by atoms with Crippen LogP contribution in [-0.2, 0) is 9.53 Å². The molecule has 0 saturated heterocycles. The highest BCUT2D eigenvalue weighted by Crippen LogP contribution is 2.27. The molecule has 0 bridgehead atoms. The van der Waals surface area contributed by atoms with Gasteiger partial charge in [0.25, 0.3) is 5.91 Å². The van der Waals surface area contributed by atoms with Gasteiger partial charge in [-0.15, -0.1) is 0 Å². The average Bonchev–Trinajstić information content (AvgIpc) is 2.69. The van der Waals surface area contributed by atoms with Gasteiger partial charge in [0.1, 0.15) is 0 Å². The smallest absolute Gasteiger partial charge is 0.338 e. The summed E-state index contributed by atoms with van der Waals surface area (Å²) in [6.45, 7) is 11.4. The zero-order valence-electron chi connectivity index (χ0n) is 18.2. The van der Waals surface area contributed by atoms with Gasteiger partial charge in [0.2, 0.25) is 0 Å². The predicted octanol–water partition coefficient (Wildman–Crippen LogP) is 4.86. The Morgan fingerprint density at radius 3 is 2.27 bits per heavy atom. The van der Waals surface area contributed by atoms with E-state index in [9.17, 15) is 9.59 Å². The van der Waals surface area contributed by atoms with Crippen molar-refractivity contribution in [1.82, 2.24) is 9.97 Å². The number of nitrogens with one attached hydrogen (secondary N) is 1. The number of hydrogen-bond donors (Lipinski definition) is 1. The van der Waals surface area contributed by atoms with Crippen molar-refractivity contribution < 1.29 is 14.3 Å². The molecular formula is C24H27N3O3. The summed E-state index contributed by atoms with van der Waals surface area (Å²) in [6.07, 6.45) is -0.946. The van der Waals surface area contributed by atoms with E-state index in [1.807, 2.05) is 39.0 Å². The molecule has 1 aromatic heterocycles. The predicted molar refractivity (Wildman–Crippen MR) is 118 cm³/mol. The molecular weight excluding hydrogens is 378 g/mol. The van der Waals surface area contributed by atoms with Crippen molar-refractivity contribution in [2.45, 2.75) is 53.6 Å². The number of carbonyl (C=O) groups excluding carboxylic acids is 2. The van der Waals surface area contributed by atoms with Crippen molar-refractivity contribution in [2.75, 3.05) is 5.32 Å². The third-order valence-corrected chi connectivity index (χ3v) is 5.14. The Morgan fingerprint density at radius 2 is 1.60 bits per heavy atom. The summed E-state index contributed by atoms with van der Waals surface area (Å²) < 4.78 is 5.41. The van der Waals surface area contributed by atoms with Crippen molar-refractivity contribution in [1.29, 1.82) is 0 Å². The Hall–Kier alpha value is -3.28. The first-order valence-corrected chi connectivity index (χ1v) is 10.0.